The van der Waals surface area contributed by atoms with Gasteiger partial charge in [0.25, 0.3) is 5.91 Å². The number of carbonyl (C=O) groups is 1. The quantitative estimate of drug-likeness (QED) is 0.698. The van der Waals surface area contributed by atoms with E-state index in [1.54, 1.807) is 35.4 Å². The van der Waals surface area contributed by atoms with Gasteiger partial charge in [-0.05, 0) is 48.4 Å². The Labute approximate surface area is 155 Å². The fourth-order valence-corrected chi connectivity index (χ4v) is 3.93. The number of fused-ring (bicyclic) bond motifs is 1. The molecule has 0 aliphatic carbocycles. The molecular formula is C20H18FN3O3. The number of ether oxygens (including phenoxy) is 1. The molecule has 1 spiro atoms. The Hall–Kier alpha value is -2.93. The zero-order valence-electron chi connectivity index (χ0n) is 14.6. The van der Waals surface area contributed by atoms with E-state index in [4.69, 9.17) is 9.15 Å². The van der Waals surface area contributed by atoms with E-state index in [9.17, 15) is 9.18 Å². The van der Waals surface area contributed by atoms with E-state index in [1.165, 1.54) is 18.4 Å². The molecular weight excluding hydrogens is 349 g/mol. The van der Waals surface area contributed by atoms with Crippen LogP contribution in [0.25, 0.3) is 11.3 Å². The molecule has 2 aliphatic heterocycles. The van der Waals surface area contributed by atoms with Crippen molar-refractivity contribution in [3.05, 3.63) is 66.3 Å². The Kier molecular flexibility index (Phi) is 3.65. The third kappa shape index (κ3) is 2.75. The molecule has 1 fully saturated rings. The summed E-state index contributed by atoms with van der Waals surface area (Å²) in [5.41, 5.74) is 1.40. The van der Waals surface area contributed by atoms with Crippen LogP contribution in [-0.2, 0) is 17.9 Å². The van der Waals surface area contributed by atoms with Crippen molar-refractivity contribution in [2.24, 2.45) is 0 Å². The highest BCUT2D eigenvalue weighted by molar-refractivity contribution is 5.91. The number of furan rings is 1. The lowest BCUT2D eigenvalue weighted by molar-refractivity contribution is -0.0805. The second kappa shape index (κ2) is 6.06. The molecule has 5 rings (SSSR count). The van der Waals surface area contributed by atoms with Crippen LogP contribution >= 0.6 is 0 Å². The number of nitrogens with zero attached hydrogens (tertiary/aromatic N) is 3. The SMILES string of the molecule is O=C(c1ccco1)N1CC[C@]2(C1)Cn1c(-c3ccc(F)cc3)cnc1CO2. The summed E-state index contributed by atoms with van der Waals surface area (Å²) in [7, 11) is 0. The van der Waals surface area contributed by atoms with E-state index in [0.717, 1.165) is 23.5 Å². The minimum atomic E-state index is -0.440. The van der Waals surface area contributed by atoms with Gasteiger partial charge in [0.1, 0.15) is 23.8 Å². The summed E-state index contributed by atoms with van der Waals surface area (Å²) in [4.78, 5) is 18.8. The number of rotatable bonds is 2. The summed E-state index contributed by atoms with van der Waals surface area (Å²) >= 11 is 0. The molecule has 7 heteroatoms. The topological polar surface area (TPSA) is 60.5 Å². The van der Waals surface area contributed by atoms with Crippen LogP contribution in [0.1, 0.15) is 22.8 Å². The highest BCUT2D eigenvalue weighted by atomic mass is 19.1. The number of halogens is 1. The standard InChI is InChI=1S/C20H18FN3O3/c21-15-5-3-14(4-6-15)16-10-22-18-11-27-20(13-24(16)18)7-8-23(12-20)19(25)17-2-1-9-26-17/h1-6,9-10H,7-8,11-13H2/t20-/m0/s1. The van der Waals surface area contributed by atoms with E-state index >= 15 is 0 Å². The van der Waals surface area contributed by atoms with Crippen LogP contribution < -0.4 is 0 Å². The van der Waals surface area contributed by atoms with Gasteiger partial charge in [-0.25, -0.2) is 9.37 Å². The largest absolute Gasteiger partial charge is 0.459 e. The van der Waals surface area contributed by atoms with Gasteiger partial charge < -0.3 is 18.6 Å². The minimum absolute atomic E-state index is 0.115. The number of benzene rings is 1. The van der Waals surface area contributed by atoms with Crippen molar-refractivity contribution in [1.82, 2.24) is 14.5 Å². The number of imidazole rings is 1. The van der Waals surface area contributed by atoms with Crippen LogP contribution in [0.5, 0.6) is 0 Å². The molecule has 138 valence electrons. The Bertz CT molecular complexity index is 981. The van der Waals surface area contributed by atoms with E-state index < -0.39 is 5.60 Å². The van der Waals surface area contributed by atoms with Crippen molar-refractivity contribution in [2.75, 3.05) is 13.1 Å². The van der Waals surface area contributed by atoms with Crippen molar-refractivity contribution >= 4 is 5.91 Å². The molecule has 4 heterocycles. The van der Waals surface area contributed by atoms with Gasteiger partial charge in [-0.3, -0.25) is 4.79 Å². The van der Waals surface area contributed by atoms with Crippen LogP contribution in [0.4, 0.5) is 4.39 Å². The lowest BCUT2D eigenvalue weighted by Crippen LogP contribution is -2.45. The number of carbonyl (C=O) groups excluding carboxylic acids is 1. The molecule has 0 bridgehead atoms. The fourth-order valence-electron chi connectivity index (χ4n) is 3.93. The lowest BCUT2D eigenvalue weighted by Gasteiger charge is -2.35. The number of hydrogen-bond donors (Lipinski definition) is 0. The Morgan fingerprint density at radius 3 is 2.81 bits per heavy atom. The average Bonchev–Trinajstić information content (AvgIpc) is 3.42. The number of amides is 1. The smallest absolute Gasteiger partial charge is 0.289 e. The first-order chi connectivity index (χ1) is 13.1. The molecule has 0 unspecified atom stereocenters. The molecule has 6 nitrogen and oxygen atoms in total. The van der Waals surface area contributed by atoms with Crippen molar-refractivity contribution in [1.29, 1.82) is 0 Å². The second-order valence-corrected chi connectivity index (χ2v) is 7.08. The monoisotopic (exact) mass is 367 g/mol. The maximum Gasteiger partial charge on any atom is 0.289 e. The van der Waals surface area contributed by atoms with Gasteiger partial charge in [-0.2, -0.15) is 0 Å². The Morgan fingerprint density at radius 1 is 1.19 bits per heavy atom. The summed E-state index contributed by atoms with van der Waals surface area (Å²) in [6.07, 6.45) is 4.05. The highest BCUT2D eigenvalue weighted by Gasteiger charge is 2.45. The first-order valence-electron chi connectivity index (χ1n) is 8.91. The molecule has 27 heavy (non-hydrogen) atoms. The van der Waals surface area contributed by atoms with Gasteiger partial charge in [-0.15, -0.1) is 0 Å². The first-order valence-corrected chi connectivity index (χ1v) is 8.91. The van der Waals surface area contributed by atoms with Gasteiger partial charge in [0, 0.05) is 6.54 Å². The Morgan fingerprint density at radius 2 is 2.04 bits per heavy atom. The maximum atomic E-state index is 13.3. The summed E-state index contributed by atoms with van der Waals surface area (Å²) in [6.45, 7) is 2.13. The number of hydrogen-bond acceptors (Lipinski definition) is 4. The zero-order chi connectivity index (χ0) is 18.4. The van der Waals surface area contributed by atoms with Crippen molar-refractivity contribution in [2.45, 2.75) is 25.2 Å². The number of likely N-dealkylation sites (tertiary alicyclic amines) is 1. The number of aromatic nitrogens is 2. The summed E-state index contributed by atoms with van der Waals surface area (Å²) in [5, 5.41) is 0. The van der Waals surface area contributed by atoms with E-state index in [2.05, 4.69) is 9.55 Å². The molecule has 2 aliphatic rings. The van der Waals surface area contributed by atoms with Crippen molar-refractivity contribution < 1.29 is 18.3 Å². The molecule has 1 amide bonds. The zero-order valence-corrected chi connectivity index (χ0v) is 14.6. The van der Waals surface area contributed by atoms with Gasteiger partial charge in [0.15, 0.2) is 5.76 Å². The predicted octanol–water partition coefficient (Wildman–Crippen LogP) is 3.10. The van der Waals surface area contributed by atoms with Gasteiger partial charge in [0.05, 0.1) is 31.2 Å². The maximum absolute atomic E-state index is 13.3. The van der Waals surface area contributed by atoms with Crippen molar-refractivity contribution in [3.63, 3.8) is 0 Å². The van der Waals surface area contributed by atoms with E-state index in [0.29, 0.717) is 32.0 Å². The van der Waals surface area contributed by atoms with Crippen LogP contribution in [0.15, 0.2) is 53.3 Å². The van der Waals surface area contributed by atoms with Crippen LogP contribution in [0.2, 0.25) is 0 Å². The minimum Gasteiger partial charge on any atom is -0.459 e. The Balaban J connectivity index is 1.40. The van der Waals surface area contributed by atoms with Crippen LogP contribution in [0.3, 0.4) is 0 Å². The van der Waals surface area contributed by atoms with Crippen LogP contribution in [0, 0.1) is 5.82 Å². The van der Waals surface area contributed by atoms with Crippen LogP contribution in [-0.4, -0.2) is 39.0 Å². The van der Waals surface area contributed by atoms with Gasteiger partial charge >= 0.3 is 0 Å². The molecule has 3 aromatic rings. The fraction of sp³-hybridized carbons (Fsp3) is 0.300. The summed E-state index contributed by atoms with van der Waals surface area (Å²) in [5.74, 6) is 0.810. The highest BCUT2D eigenvalue weighted by Crippen LogP contribution is 2.35. The molecule has 1 saturated heterocycles. The third-order valence-electron chi connectivity index (χ3n) is 5.37. The molecule has 2 aromatic heterocycles. The molecule has 1 atom stereocenters. The third-order valence-corrected chi connectivity index (χ3v) is 5.37. The normalized spacial score (nSPS) is 21.6. The van der Waals surface area contributed by atoms with E-state index in [1.807, 2.05) is 0 Å². The van der Waals surface area contributed by atoms with E-state index in [-0.39, 0.29) is 11.7 Å². The predicted molar refractivity (Wildman–Crippen MR) is 94.4 cm³/mol. The second-order valence-electron chi connectivity index (χ2n) is 7.08. The summed E-state index contributed by atoms with van der Waals surface area (Å²) < 4.78 is 26.8. The first kappa shape index (κ1) is 16.3. The summed E-state index contributed by atoms with van der Waals surface area (Å²) in [6, 6.07) is 9.79. The molecule has 0 radical (unpaired) electrons. The average molecular weight is 367 g/mol. The molecule has 0 N–H and O–H groups in total. The van der Waals surface area contributed by atoms with Crippen molar-refractivity contribution in [3.8, 4) is 11.3 Å². The van der Waals surface area contributed by atoms with Gasteiger partial charge in [-0.1, -0.05) is 0 Å². The van der Waals surface area contributed by atoms with Gasteiger partial charge in [0.2, 0.25) is 0 Å². The molecule has 1 aromatic carbocycles. The lowest BCUT2D eigenvalue weighted by atomic mass is 10.0. The molecule has 0 saturated carbocycles.